The van der Waals surface area contributed by atoms with Gasteiger partial charge in [-0.1, -0.05) is 60.7 Å². The van der Waals surface area contributed by atoms with Gasteiger partial charge in [-0.3, -0.25) is 4.79 Å². The second-order valence-electron chi connectivity index (χ2n) is 6.72. The van der Waals surface area contributed by atoms with E-state index in [1.165, 1.54) is 0 Å². The maximum atomic E-state index is 12.9. The molecular weight excluding hydrogens is 348 g/mol. The van der Waals surface area contributed by atoms with Gasteiger partial charge in [0, 0.05) is 17.1 Å². The van der Waals surface area contributed by atoms with Crippen LogP contribution < -0.4 is 10.1 Å². The molecule has 0 spiro atoms. The van der Waals surface area contributed by atoms with E-state index in [4.69, 9.17) is 4.74 Å². The Kier molecular flexibility index (Phi) is 5.11. The van der Waals surface area contributed by atoms with Crippen molar-refractivity contribution in [3.8, 4) is 5.75 Å². The van der Waals surface area contributed by atoms with Gasteiger partial charge in [0.15, 0.2) is 0 Å². The van der Waals surface area contributed by atoms with Crippen LogP contribution >= 0.6 is 0 Å². The van der Waals surface area contributed by atoms with Gasteiger partial charge in [-0.05, 0) is 34.9 Å². The molecule has 0 fully saturated rings. The van der Waals surface area contributed by atoms with Gasteiger partial charge in [0.05, 0.1) is 19.6 Å². The van der Waals surface area contributed by atoms with Crippen molar-refractivity contribution >= 4 is 16.8 Å². The van der Waals surface area contributed by atoms with Gasteiger partial charge < -0.3 is 15.0 Å². The molecule has 0 aliphatic heterocycles. The van der Waals surface area contributed by atoms with Crippen LogP contribution in [0.2, 0.25) is 0 Å². The molecule has 1 unspecified atom stereocenters. The molecule has 1 aromatic heterocycles. The molecule has 4 aromatic rings. The first-order valence-electron chi connectivity index (χ1n) is 9.28. The normalized spacial score (nSPS) is 11.9. The molecule has 2 N–H and O–H groups in total. The number of carbonyl (C=O) groups excluding carboxylic acids is 1. The van der Waals surface area contributed by atoms with Crippen LogP contribution in [-0.2, 0) is 11.2 Å². The fraction of sp³-hybridized carbons (Fsp3) is 0.125. The molecule has 140 valence electrons. The first-order valence-corrected chi connectivity index (χ1v) is 9.28. The minimum atomic E-state index is -0.218. The standard InChI is InChI=1S/C24H22N2O2/c1-28-20-13-11-18(12-14-20)24(17-7-3-2-4-8-17)26-23(27)15-19-16-25-22-10-6-5-9-21(19)22/h2-14,16,24-25H,15H2,1H3,(H,26,27). The van der Waals surface area contributed by atoms with E-state index in [9.17, 15) is 4.79 Å². The van der Waals surface area contributed by atoms with Crippen molar-refractivity contribution in [1.82, 2.24) is 10.3 Å². The van der Waals surface area contributed by atoms with E-state index in [1.807, 2.05) is 85.1 Å². The van der Waals surface area contributed by atoms with Crippen LogP contribution in [0.1, 0.15) is 22.7 Å². The van der Waals surface area contributed by atoms with Crippen molar-refractivity contribution in [3.05, 3.63) is 102 Å². The van der Waals surface area contributed by atoms with Gasteiger partial charge >= 0.3 is 0 Å². The van der Waals surface area contributed by atoms with Crippen molar-refractivity contribution in [3.63, 3.8) is 0 Å². The number of H-pyrrole nitrogens is 1. The number of fused-ring (bicyclic) bond motifs is 1. The van der Waals surface area contributed by atoms with Crippen LogP contribution in [0.4, 0.5) is 0 Å². The Hall–Kier alpha value is -3.53. The molecule has 0 saturated heterocycles. The summed E-state index contributed by atoms with van der Waals surface area (Å²) in [6.45, 7) is 0. The quantitative estimate of drug-likeness (QED) is 0.520. The molecule has 0 aliphatic rings. The Morgan fingerprint density at radius 1 is 0.929 bits per heavy atom. The second-order valence-corrected chi connectivity index (χ2v) is 6.72. The van der Waals surface area contributed by atoms with Crippen molar-refractivity contribution < 1.29 is 9.53 Å². The number of nitrogens with one attached hydrogen (secondary N) is 2. The van der Waals surface area contributed by atoms with Gasteiger partial charge in [0.25, 0.3) is 0 Å². The van der Waals surface area contributed by atoms with Crippen LogP contribution in [0.25, 0.3) is 10.9 Å². The van der Waals surface area contributed by atoms with Gasteiger partial charge in [0.1, 0.15) is 5.75 Å². The molecule has 3 aromatic carbocycles. The van der Waals surface area contributed by atoms with E-state index < -0.39 is 0 Å². The summed E-state index contributed by atoms with van der Waals surface area (Å²) in [5, 5.41) is 4.28. The van der Waals surface area contributed by atoms with E-state index in [0.29, 0.717) is 6.42 Å². The summed E-state index contributed by atoms with van der Waals surface area (Å²) in [6, 6.07) is 25.6. The number of rotatable bonds is 6. The minimum Gasteiger partial charge on any atom is -0.497 e. The summed E-state index contributed by atoms with van der Waals surface area (Å²) in [5.41, 5.74) is 4.09. The lowest BCUT2D eigenvalue weighted by molar-refractivity contribution is -0.120. The molecule has 4 rings (SSSR count). The monoisotopic (exact) mass is 370 g/mol. The Balaban J connectivity index is 1.59. The molecule has 1 atom stereocenters. The maximum Gasteiger partial charge on any atom is 0.225 e. The zero-order chi connectivity index (χ0) is 19.3. The topological polar surface area (TPSA) is 54.1 Å². The van der Waals surface area contributed by atoms with Crippen molar-refractivity contribution in [2.75, 3.05) is 7.11 Å². The van der Waals surface area contributed by atoms with E-state index in [0.717, 1.165) is 33.3 Å². The van der Waals surface area contributed by atoms with Crippen molar-refractivity contribution in [2.24, 2.45) is 0 Å². The second kappa shape index (κ2) is 8.01. The molecular formula is C24H22N2O2. The SMILES string of the molecule is COc1ccc(C(NC(=O)Cc2c[nH]c3ccccc23)c2ccccc2)cc1. The molecule has 1 amide bonds. The van der Waals surface area contributed by atoms with Crippen molar-refractivity contribution in [2.45, 2.75) is 12.5 Å². The predicted molar refractivity (Wildman–Crippen MR) is 111 cm³/mol. The van der Waals surface area contributed by atoms with Crippen LogP contribution in [0, 0.1) is 0 Å². The third-order valence-corrected chi connectivity index (χ3v) is 4.91. The van der Waals surface area contributed by atoms with E-state index >= 15 is 0 Å². The Bertz CT molecular complexity index is 1070. The fourth-order valence-electron chi connectivity index (χ4n) is 3.46. The lowest BCUT2D eigenvalue weighted by atomic mass is 9.98. The van der Waals surface area contributed by atoms with E-state index in [1.54, 1.807) is 7.11 Å². The average Bonchev–Trinajstić information content (AvgIpc) is 3.15. The van der Waals surface area contributed by atoms with Gasteiger partial charge in [-0.25, -0.2) is 0 Å². The minimum absolute atomic E-state index is 0.0191. The lowest BCUT2D eigenvalue weighted by Gasteiger charge is -2.20. The third kappa shape index (κ3) is 3.76. The van der Waals surface area contributed by atoms with Gasteiger partial charge in [-0.15, -0.1) is 0 Å². The largest absolute Gasteiger partial charge is 0.497 e. The number of amides is 1. The number of hydrogen-bond acceptors (Lipinski definition) is 2. The zero-order valence-electron chi connectivity index (χ0n) is 15.7. The number of methoxy groups -OCH3 is 1. The first kappa shape index (κ1) is 17.9. The highest BCUT2D eigenvalue weighted by atomic mass is 16.5. The molecule has 4 nitrogen and oxygen atoms in total. The fourth-order valence-corrected chi connectivity index (χ4v) is 3.46. The number of para-hydroxylation sites is 1. The number of hydrogen-bond donors (Lipinski definition) is 2. The summed E-state index contributed by atoms with van der Waals surface area (Å²) in [7, 11) is 1.65. The smallest absolute Gasteiger partial charge is 0.225 e. The molecule has 1 heterocycles. The molecule has 0 bridgehead atoms. The van der Waals surface area contributed by atoms with Crippen LogP contribution in [0.5, 0.6) is 5.75 Å². The number of carbonyl (C=O) groups is 1. The zero-order valence-corrected chi connectivity index (χ0v) is 15.7. The molecule has 28 heavy (non-hydrogen) atoms. The molecule has 0 saturated carbocycles. The van der Waals surface area contributed by atoms with Crippen molar-refractivity contribution in [1.29, 1.82) is 0 Å². The van der Waals surface area contributed by atoms with E-state index in [-0.39, 0.29) is 11.9 Å². The first-order chi connectivity index (χ1) is 13.7. The average molecular weight is 370 g/mol. The van der Waals surface area contributed by atoms with Gasteiger partial charge in [0.2, 0.25) is 5.91 Å². The Labute approximate surface area is 164 Å². The van der Waals surface area contributed by atoms with E-state index in [2.05, 4.69) is 10.3 Å². The summed E-state index contributed by atoms with van der Waals surface area (Å²) in [4.78, 5) is 16.1. The molecule has 0 aliphatic carbocycles. The highest BCUT2D eigenvalue weighted by Crippen LogP contribution is 2.25. The summed E-state index contributed by atoms with van der Waals surface area (Å²) in [6.07, 6.45) is 2.23. The number of aromatic amines is 1. The summed E-state index contributed by atoms with van der Waals surface area (Å²) >= 11 is 0. The van der Waals surface area contributed by atoms with Gasteiger partial charge in [-0.2, -0.15) is 0 Å². The number of aromatic nitrogens is 1. The third-order valence-electron chi connectivity index (χ3n) is 4.91. The Morgan fingerprint density at radius 2 is 1.61 bits per heavy atom. The highest BCUT2D eigenvalue weighted by Gasteiger charge is 2.18. The molecule has 0 radical (unpaired) electrons. The van der Waals surface area contributed by atoms with Crippen LogP contribution in [-0.4, -0.2) is 18.0 Å². The van der Waals surface area contributed by atoms with Crippen LogP contribution in [0.3, 0.4) is 0 Å². The molecule has 4 heteroatoms. The van der Waals surface area contributed by atoms with Crippen LogP contribution in [0.15, 0.2) is 85.1 Å². The highest BCUT2D eigenvalue weighted by molar-refractivity contribution is 5.89. The maximum absolute atomic E-state index is 12.9. The summed E-state index contributed by atoms with van der Waals surface area (Å²) in [5.74, 6) is 0.773. The number of benzene rings is 3. The number of ether oxygens (including phenoxy) is 1. The Morgan fingerprint density at radius 3 is 2.36 bits per heavy atom. The predicted octanol–water partition coefficient (Wildman–Crippen LogP) is 4.62. The lowest BCUT2D eigenvalue weighted by Crippen LogP contribution is -2.30. The summed E-state index contributed by atoms with van der Waals surface area (Å²) < 4.78 is 5.26.